The molecule has 0 saturated carbocycles. The smallest absolute Gasteiger partial charge is 0.157 e. The number of hydrogen-bond acceptors (Lipinski definition) is 6. The van der Waals surface area contributed by atoms with Gasteiger partial charge in [0.15, 0.2) is 13.1 Å². The van der Waals surface area contributed by atoms with E-state index in [2.05, 4.69) is 11.4 Å². The minimum Gasteiger partial charge on any atom is -0.396 e. The Balaban J connectivity index is 1.90. The fourth-order valence-corrected chi connectivity index (χ4v) is 4.81. The van der Waals surface area contributed by atoms with E-state index >= 15 is 0 Å². The number of hydrogen-bond donors (Lipinski definition) is 1. The predicted molar refractivity (Wildman–Crippen MR) is 81.1 cm³/mol. The fourth-order valence-electron chi connectivity index (χ4n) is 2.14. The molecule has 4 nitrogen and oxygen atoms in total. The molecule has 3 unspecified atom stereocenters. The van der Waals surface area contributed by atoms with Crippen LogP contribution in [0.4, 0.5) is 0 Å². The van der Waals surface area contributed by atoms with E-state index in [-0.39, 0.29) is 25.8 Å². The van der Waals surface area contributed by atoms with Crippen LogP contribution in [-0.2, 0) is 14.2 Å². The number of aliphatic hydroxyl groups is 1. The zero-order valence-corrected chi connectivity index (χ0v) is 13.5. The van der Waals surface area contributed by atoms with E-state index in [0.717, 1.165) is 19.3 Å². The molecule has 0 radical (unpaired) electrons. The SMILES string of the molecule is COC(C)OCOC1CC(CCCO)Sc2sccc21. The van der Waals surface area contributed by atoms with Crippen LogP contribution in [-0.4, -0.2) is 37.2 Å². The van der Waals surface area contributed by atoms with Crippen LogP contribution in [0, 0.1) is 0 Å². The summed E-state index contributed by atoms with van der Waals surface area (Å²) in [4.78, 5) is 0. The molecule has 1 aromatic heterocycles. The first kappa shape index (κ1) is 16.3. The topological polar surface area (TPSA) is 47.9 Å². The molecule has 114 valence electrons. The summed E-state index contributed by atoms with van der Waals surface area (Å²) < 4.78 is 17.7. The molecule has 20 heavy (non-hydrogen) atoms. The molecule has 1 aromatic rings. The molecule has 1 aliphatic rings. The molecule has 0 aliphatic carbocycles. The Morgan fingerprint density at radius 1 is 1.50 bits per heavy atom. The zero-order valence-electron chi connectivity index (χ0n) is 11.9. The lowest BCUT2D eigenvalue weighted by Crippen LogP contribution is -2.20. The maximum atomic E-state index is 8.98. The molecule has 2 rings (SSSR count). The maximum Gasteiger partial charge on any atom is 0.157 e. The van der Waals surface area contributed by atoms with Crippen molar-refractivity contribution in [2.24, 2.45) is 0 Å². The van der Waals surface area contributed by atoms with Gasteiger partial charge in [-0.15, -0.1) is 23.1 Å². The van der Waals surface area contributed by atoms with Crippen LogP contribution in [0.5, 0.6) is 0 Å². The van der Waals surface area contributed by atoms with Gasteiger partial charge in [-0.2, -0.15) is 0 Å². The van der Waals surface area contributed by atoms with Crippen molar-refractivity contribution in [1.82, 2.24) is 0 Å². The number of methoxy groups -OCH3 is 1. The van der Waals surface area contributed by atoms with Gasteiger partial charge in [-0.3, -0.25) is 0 Å². The van der Waals surface area contributed by atoms with Gasteiger partial charge in [-0.1, -0.05) is 0 Å². The van der Waals surface area contributed by atoms with Crippen LogP contribution >= 0.6 is 23.1 Å². The standard InChI is InChI=1S/C14H22O4S2/c1-10(16-2)17-9-18-13-8-11(4-3-6-15)20-14-12(13)5-7-19-14/h5,7,10-11,13,15H,3-4,6,8-9H2,1-2H3. The number of ether oxygens (including phenoxy) is 3. The van der Waals surface area contributed by atoms with Gasteiger partial charge in [0.2, 0.25) is 0 Å². The van der Waals surface area contributed by atoms with Crippen LogP contribution in [0.3, 0.4) is 0 Å². The normalized spacial score (nSPS) is 23.6. The molecule has 0 aromatic carbocycles. The molecule has 1 N–H and O–H groups in total. The van der Waals surface area contributed by atoms with Gasteiger partial charge < -0.3 is 19.3 Å². The third-order valence-electron chi connectivity index (χ3n) is 3.34. The Morgan fingerprint density at radius 3 is 3.10 bits per heavy atom. The Morgan fingerprint density at radius 2 is 2.35 bits per heavy atom. The van der Waals surface area contributed by atoms with Gasteiger partial charge in [0, 0.05) is 24.5 Å². The molecule has 0 fully saturated rings. The van der Waals surface area contributed by atoms with Crippen LogP contribution in [0.1, 0.15) is 37.9 Å². The highest BCUT2D eigenvalue weighted by Gasteiger charge is 2.29. The minimum absolute atomic E-state index is 0.0882. The van der Waals surface area contributed by atoms with Crippen LogP contribution in [0.2, 0.25) is 0 Å². The van der Waals surface area contributed by atoms with Crippen molar-refractivity contribution in [3.63, 3.8) is 0 Å². The van der Waals surface area contributed by atoms with E-state index in [1.54, 1.807) is 18.4 Å². The molecule has 2 heterocycles. The molecule has 1 aliphatic heterocycles. The lowest BCUT2D eigenvalue weighted by atomic mass is 10.0. The van der Waals surface area contributed by atoms with Crippen molar-refractivity contribution >= 4 is 23.1 Å². The summed E-state index contributed by atoms with van der Waals surface area (Å²) in [7, 11) is 1.61. The molecule has 3 atom stereocenters. The molecular weight excluding hydrogens is 296 g/mol. The lowest BCUT2D eigenvalue weighted by Gasteiger charge is -2.29. The number of fused-ring (bicyclic) bond motifs is 1. The number of thioether (sulfide) groups is 1. The highest BCUT2D eigenvalue weighted by atomic mass is 32.2. The Hall–Kier alpha value is -0.110. The van der Waals surface area contributed by atoms with E-state index in [1.807, 2.05) is 18.7 Å². The van der Waals surface area contributed by atoms with Gasteiger partial charge >= 0.3 is 0 Å². The molecule has 0 amide bonds. The average molecular weight is 318 g/mol. The summed E-state index contributed by atoms with van der Waals surface area (Å²) >= 11 is 3.68. The van der Waals surface area contributed by atoms with E-state index in [1.165, 1.54) is 9.77 Å². The first-order valence-corrected chi connectivity index (χ1v) is 8.61. The van der Waals surface area contributed by atoms with Gasteiger partial charge in [0.05, 0.1) is 10.3 Å². The fraction of sp³-hybridized carbons (Fsp3) is 0.714. The van der Waals surface area contributed by atoms with Crippen LogP contribution in [0.25, 0.3) is 0 Å². The van der Waals surface area contributed by atoms with E-state index in [9.17, 15) is 0 Å². The summed E-state index contributed by atoms with van der Waals surface area (Å²) in [6, 6.07) is 2.14. The van der Waals surface area contributed by atoms with E-state index in [4.69, 9.17) is 19.3 Å². The third-order valence-corrected chi connectivity index (χ3v) is 5.85. The number of rotatable bonds is 8. The second-order valence-corrected chi connectivity index (χ2v) is 7.23. The quantitative estimate of drug-likeness (QED) is 0.744. The second-order valence-electron chi connectivity index (χ2n) is 4.75. The van der Waals surface area contributed by atoms with Crippen molar-refractivity contribution < 1.29 is 19.3 Å². The Bertz CT molecular complexity index is 396. The van der Waals surface area contributed by atoms with Crippen molar-refractivity contribution in [1.29, 1.82) is 0 Å². The van der Waals surface area contributed by atoms with E-state index < -0.39 is 0 Å². The molecular formula is C14H22O4S2. The maximum absolute atomic E-state index is 8.98. The van der Waals surface area contributed by atoms with Gasteiger partial charge in [0.1, 0.15) is 0 Å². The third kappa shape index (κ3) is 4.44. The Labute approximate surface area is 128 Å². The summed E-state index contributed by atoms with van der Waals surface area (Å²) in [5, 5.41) is 11.6. The number of aliphatic hydroxyl groups excluding tert-OH is 1. The number of thiophene rings is 1. The summed E-state index contributed by atoms with van der Waals surface area (Å²) in [6.07, 6.45) is 2.68. The molecule has 0 saturated heterocycles. The predicted octanol–water partition coefficient (Wildman–Crippen LogP) is 3.41. The largest absolute Gasteiger partial charge is 0.396 e. The summed E-state index contributed by atoms with van der Waals surface area (Å²) in [6.45, 7) is 2.35. The highest BCUT2D eigenvalue weighted by molar-refractivity contribution is 8.01. The second kappa shape index (κ2) is 8.36. The van der Waals surface area contributed by atoms with Gasteiger partial charge in [-0.05, 0) is 37.6 Å². The van der Waals surface area contributed by atoms with Gasteiger partial charge in [-0.25, -0.2) is 0 Å². The molecule has 0 bridgehead atoms. The average Bonchev–Trinajstić information content (AvgIpc) is 2.93. The minimum atomic E-state index is -0.250. The van der Waals surface area contributed by atoms with Crippen molar-refractivity contribution in [2.75, 3.05) is 20.5 Å². The monoisotopic (exact) mass is 318 g/mol. The summed E-state index contributed by atoms with van der Waals surface area (Å²) in [5.41, 5.74) is 1.27. The molecule has 6 heteroatoms. The zero-order chi connectivity index (χ0) is 14.4. The molecule has 0 spiro atoms. The van der Waals surface area contributed by atoms with E-state index in [0.29, 0.717) is 5.25 Å². The van der Waals surface area contributed by atoms with Crippen molar-refractivity contribution in [2.45, 2.75) is 48.0 Å². The van der Waals surface area contributed by atoms with Crippen LogP contribution < -0.4 is 0 Å². The first-order valence-electron chi connectivity index (χ1n) is 6.85. The first-order chi connectivity index (χ1) is 9.74. The van der Waals surface area contributed by atoms with Crippen molar-refractivity contribution in [3.05, 3.63) is 17.0 Å². The Kier molecular flexibility index (Phi) is 6.80. The highest BCUT2D eigenvalue weighted by Crippen LogP contribution is 2.46. The lowest BCUT2D eigenvalue weighted by molar-refractivity contribution is -0.190. The van der Waals surface area contributed by atoms with Gasteiger partial charge in [0.25, 0.3) is 0 Å². The van der Waals surface area contributed by atoms with Crippen LogP contribution in [0.15, 0.2) is 15.7 Å². The van der Waals surface area contributed by atoms with Crippen molar-refractivity contribution in [3.8, 4) is 0 Å². The summed E-state index contributed by atoms with van der Waals surface area (Å²) in [5.74, 6) is 0.